The lowest BCUT2D eigenvalue weighted by molar-refractivity contribution is -0.129. The number of Topliss-reactive ketones (excluding diaryl/α,β-unsaturated/α-hetero) is 1. The van der Waals surface area contributed by atoms with Gasteiger partial charge in [-0.3, -0.25) is 4.79 Å². The summed E-state index contributed by atoms with van der Waals surface area (Å²) in [4.78, 5) is 11.5. The molecular weight excluding hydrogens is 174 g/mol. The number of ketones is 1. The Bertz CT molecular complexity index is 189. The summed E-state index contributed by atoms with van der Waals surface area (Å²) in [7, 11) is 0. The molecule has 0 unspecified atom stereocenters. The van der Waals surface area contributed by atoms with Crippen LogP contribution in [0.2, 0.25) is 0 Å². The van der Waals surface area contributed by atoms with Crippen LogP contribution in [0.5, 0.6) is 0 Å². The summed E-state index contributed by atoms with van der Waals surface area (Å²) < 4.78 is 25.5. The monoisotopic (exact) mass is 190 g/mol. The number of hydrogen-bond donors (Lipinski definition) is 0. The minimum Gasteiger partial charge on any atom is -0.299 e. The van der Waals surface area contributed by atoms with Gasteiger partial charge >= 0.3 is 0 Å². The van der Waals surface area contributed by atoms with Crippen molar-refractivity contribution in [3.05, 3.63) is 0 Å². The highest BCUT2D eigenvalue weighted by Crippen LogP contribution is 2.37. The van der Waals surface area contributed by atoms with Gasteiger partial charge in [-0.15, -0.1) is 0 Å². The fraction of sp³-hybridized carbons (Fsp3) is 0.900. The van der Waals surface area contributed by atoms with Gasteiger partial charge in [0, 0.05) is 24.7 Å². The number of halogens is 2. The molecule has 13 heavy (non-hydrogen) atoms. The molecule has 1 fully saturated rings. The van der Waals surface area contributed by atoms with E-state index < -0.39 is 5.92 Å². The van der Waals surface area contributed by atoms with Crippen LogP contribution in [0.25, 0.3) is 0 Å². The maximum Gasteiger partial charge on any atom is 0.248 e. The fourth-order valence-corrected chi connectivity index (χ4v) is 1.80. The first-order chi connectivity index (χ1) is 5.92. The normalized spacial score (nSPS) is 23.5. The van der Waals surface area contributed by atoms with Crippen LogP contribution in [0, 0.1) is 11.8 Å². The van der Waals surface area contributed by atoms with E-state index in [1.54, 1.807) is 0 Å². The van der Waals surface area contributed by atoms with E-state index in [1.807, 2.05) is 13.8 Å². The molecular formula is C10H16F2O. The predicted octanol–water partition coefficient (Wildman–Crippen LogP) is 3.04. The van der Waals surface area contributed by atoms with Crippen LogP contribution >= 0.6 is 0 Å². The van der Waals surface area contributed by atoms with E-state index in [4.69, 9.17) is 0 Å². The topological polar surface area (TPSA) is 17.1 Å². The molecule has 0 N–H and O–H groups in total. The van der Waals surface area contributed by atoms with Crippen LogP contribution in [0.15, 0.2) is 0 Å². The van der Waals surface area contributed by atoms with Crippen molar-refractivity contribution in [1.29, 1.82) is 0 Å². The van der Waals surface area contributed by atoms with E-state index in [0.717, 1.165) is 0 Å². The van der Waals surface area contributed by atoms with Gasteiger partial charge in [0.2, 0.25) is 5.92 Å². The highest BCUT2D eigenvalue weighted by Gasteiger charge is 2.37. The molecule has 0 atom stereocenters. The van der Waals surface area contributed by atoms with Gasteiger partial charge in [0.15, 0.2) is 0 Å². The molecule has 0 saturated heterocycles. The SMILES string of the molecule is CC(C)C(=O)C1CCC(F)(F)CC1. The Morgan fingerprint density at radius 2 is 1.77 bits per heavy atom. The molecule has 1 aliphatic rings. The number of rotatable bonds is 2. The summed E-state index contributed by atoms with van der Waals surface area (Å²) in [6.45, 7) is 3.66. The average Bonchev–Trinajstić information content (AvgIpc) is 2.03. The second-order valence-electron chi connectivity index (χ2n) is 4.19. The van der Waals surface area contributed by atoms with Gasteiger partial charge in [-0.2, -0.15) is 0 Å². The zero-order chi connectivity index (χ0) is 10.1. The molecule has 1 nitrogen and oxygen atoms in total. The van der Waals surface area contributed by atoms with Crippen molar-refractivity contribution in [1.82, 2.24) is 0 Å². The summed E-state index contributed by atoms with van der Waals surface area (Å²) in [6.07, 6.45) is 0.500. The van der Waals surface area contributed by atoms with E-state index in [-0.39, 0.29) is 30.5 Å². The van der Waals surface area contributed by atoms with Crippen LogP contribution < -0.4 is 0 Å². The minimum absolute atomic E-state index is 0.0169. The van der Waals surface area contributed by atoms with Gasteiger partial charge in [-0.25, -0.2) is 8.78 Å². The Kier molecular flexibility index (Phi) is 3.04. The van der Waals surface area contributed by atoms with Crippen molar-refractivity contribution in [2.45, 2.75) is 45.5 Å². The van der Waals surface area contributed by atoms with Crippen molar-refractivity contribution >= 4 is 5.78 Å². The second-order valence-corrected chi connectivity index (χ2v) is 4.19. The van der Waals surface area contributed by atoms with Crippen molar-refractivity contribution in [3.8, 4) is 0 Å². The van der Waals surface area contributed by atoms with Gasteiger partial charge in [-0.05, 0) is 12.8 Å². The Morgan fingerprint density at radius 3 is 2.15 bits per heavy atom. The van der Waals surface area contributed by atoms with Crippen molar-refractivity contribution in [2.75, 3.05) is 0 Å². The van der Waals surface area contributed by atoms with Crippen LogP contribution in [0.1, 0.15) is 39.5 Å². The number of alkyl halides is 2. The number of carbonyl (C=O) groups excluding carboxylic acids is 1. The molecule has 3 heteroatoms. The fourth-order valence-electron chi connectivity index (χ4n) is 1.80. The standard InChI is InChI=1S/C10H16F2O/c1-7(2)9(13)8-3-5-10(11,12)6-4-8/h7-8H,3-6H2,1-2H3. The van der Waals surface area contributed by atoms with Crippen LogP contribution in [-0.4, -0.2) is 11.7 Å². The van der Waals surface area contributed by atoms with E-state index in [2.05, 4.69) is 0 Å². The third kappa shape index (κ3) is 2.75. The second kappa shape index (κ2) is 3.72. The Morgan fingerprint density at radius 1 is 1.31 bits per heavy atom. The Hall–Kier alpha value is -0.470. The number of carbonyl (C=O) groups is 1. The molecule has 0 bridgehead atoms. The molecule has 0 heterocycles. The molecule has 0 aromatic carbocycles. The zero-order valence-corrected chi connectivity index (χ0v) is 8.15. The molecule has 76 valence electrons. The van der Waals surface area contributed by atoms with E-state index in [9.17, 15) is 13.6 Å². The first-order valence-electron chi connectivity index (χ1n) is 4.84. The summed E-state index contributed by atoms with van der Waals surface area (Å²) >= 11 is 0. The van der Waals surface area contributed by atoms with Crippen LogP contribution in [0.4, 0.5) is 8.78 Å². The van der Waals surface area contributed by atoms with Gasteiger partial charge in [0.05, 0.1) is 0 Å². The highest BCUT2D eigenvalue weighted by atomic mass is 19.3. The lowest BCUT2D eigenvalue weighted by Crippen LogP contribution is -2.30. The molecule has 0 aliphatic heterocycles. The molecule has 1 aliphatic carbocycles. The molecule has 1 rings (SSSR count). The molecule has 0 radical (unpaired) electrons. The van der Waals surface area contributed by atoms with Crippen LogP contribution in [-0.2, 0) is 4.79 Å². The average molecular weight is 190 g/mol. The quantitative estimate of drug-likeness (QED) is 0.654. The highest BCUT2D eigenvalue weighted by molar-refractivity contribution is 5.82. The summed E-state index contributed by atoms with van der Waals surface area (Å²) in [5, 5.41) is 0. The van der Waals surface area contributed by atoms with Gasteiger partial charge < -0.3 is 0 Å². The van der Waals surface area contributed by atoms with Crippen molar-refractivity contribution in [2.24, 2.45) is 11.8 Å². The van der Waals surface area contributed by atoms with Gasteiger partial charge in [-0.1, -0.05) is 13.8 Å². The molecule has 0 spiro atoms. The third-order valence-corrected chi connectivity index (χ3v) is 2.69. The predicted molar refractivity (Wildman–Crippen MR) is 46.8 cm³/mol. The largest absolute Gasteiger partial charge is 0.299 e. The molecule has 0 amide bonds. The zero-order valence-electron chi connectivity index (χ0n) is 8.15. The third-order valence-electron chi connectivity index (χ3n) is 2.69. The first kappa shape index (κ1) is 10.6. The minimum atomic E-state index is -2.52. The molecule has 1 saturated carbocycles. The van der Waals surface area contributed by atoms with Gasteiger partial charge in [0.1, 0.15) is 5.78 Å². The van der Waals surface area contributed by atoms with Crippen LogP contribution in [0.3, 0.4) is 0 Å². The van der Waals surface area contributed by atoms with E-state index in [0.29, 0.717) is 12.8 Å². The lowest BCUT2D eigenvalue weighted by atomic mass is 9.81. The summed E-state index contributed by atoms with van der Waals surface area (Å²) in [5.74, 6) is -2.50. The molecule has 0 aromatic rings. The Balaban J connectivity index is 2.46. The lowest BCUT2D eigenvalue weighted by Gasteiger charge is -2.28. The first-order valence-corrected chi connectivity index (χ1v) is 4.84. The van der Waals surface area contributed by atoms with E-state index >= 15 is 0 Å². The molecule has 0 aromatic heterocycles. The Labute approximate surface area is 77.5 Å². The number of hydrogen-bond acceptors (Lipinski definition) is 1. The van der Waals surface area contributed by atoms with Crippen molar-refractivity contribution in [3.63, 3.8) is 0 Å². The van der Waals surface area contributed by atoms with E-state index in [1.165, 1.54) is 0 Å². The smallest absolute Gasteiger partial charge is 0.248 e. The maximum absolute atomic E-state index is 12.7. The van der Waals surface area contributed by atoms with Crippen molar-refractivity contribution < 1.29 is 13.6 Å². The maximum atomic E-state index is 12.7. The van der Waals surface area contributed by atoms with Gasteiger partial charge in [0.25, 0.3) is 0 Å². The summed E-state index contributed by atoms with van der Waals surface area (Å²) in [5.41, 5.74) is 0. The summed E-state index contributed by atoms with van der Waals surface area (Å²) in [6, 6.07) is 0.